The number of aliphatic hydroxyl groups is 1. The lowest BCUT2D eigenvalue weighted by Gasteiger charge is -2.38. The highest BCUT2D eigenvalue weighted by molar-refractivity contribution is 7.09. The summed E-state index contributed by atoms with van der Waals surface area (Å²) in [5.74, 6) is 0.189. The summed E-state index contributed by atoms with van der Waals surface area (Å²) in [5.41, 5.74) is -0.104. The maximum atomic E-state index is 12.1. The smallest absolute Gasteiger partial charge is 0.225 e. The first kappa shape index (κ1) is 18.4. The molecule has 1 amide bonds. The normalized spacial score (nSPS) is 18.0. The fourth-order valence-electron chi connectivity index (χ4n) is 2.95. The third-order valence-electron chi connectivity index (χ3n) is 4.68. The van der Waals surface area contributed by atoms with Crippen LogP contribution in [0.4, 0.5) is 0 Å². The van der Waals surface area contributed by atoms with Crippen molar-refractivity contribution in [3.8, 4) is 0 Å². The minimum atomic E-state index is -0.883. The molecule has 0 radical (unpaired) electrons. The van der Waals surface area contributed by atoms with E-state index in [1.54, 1.807) is 11.3 Å². The molecule has 0 aliphatic carbocycles. The second kappa shape index (κ2) is 7.73. The second-order valence-electron chi connectivity index (χ2n) is 6.60. The Labute approximate surface area is 143 Å². The van der Waals surface area contributed by atoms with Crippen LogP contribution in [0, 0.1) is 5.92 Å². The molecule has 0 unspecified atom stereocenters. The summed E-state index contributed by atoms with van der Waals surface area (Å²) in [7, 11) is 0. The standard InChI is InChI=1S/C17H29N3O2S/c1-5-19(6-2)11-15-18-14(12-23-15)17(22)7-9-20(10-8-17)16(21)13(3)4/h12-13,22H,5-11H2,1-4H3. The van der Waals surface area contributed by atoms with Crippen molar-refractivity contribution >= 4 is 17.2 Å². The SMILES string of the molecule is CCN(CC)Cc1nc(C2(O)CCN(C(=O)C(C)C)CC2)cs1. The number of rotatable bonds is 6. The van der Waals surface area contributed by atoms with E-state index in [2.05, 4.69) is 23.7 Å². The summed E-state index contributed by atoms with van der Waals surface area (Å²) >= 11 is 1.62. The van der Waals surface area contributed by atoms with E-state index in [1.807, 2.05) is 24.1 Å². The van der Waals surface area contributed by atoms with Gasteiger partial charge in [-0.2, -0.15) is 0 Å². The minimum Gasteiger partial charge on any atom is -0.383 e. The predicted octanol–water partition coefficient (Wildman–Crippen LogP) is 2.45. The number of piperidine rings is 1. The van der Waals surface area contributed by atoms with Gasteiger partial charge in [0.05, 0.1) is 12.2 Å². The van der Waals surface area contributed by atoms with Gasteiger partial charge in [-0.05, 0) is 25.9 Å². The van der Waals surface area contributed by atoms with Crippen LogP contribution in [-0.2, 0) is 16.9 Å². The Hall–Kier alpha value is -0.980. The van der Waals surface area contributed by atoms with Gasteiger partial charge in [-0.1, -0.05) is 27.7 Å². The first-order valence-corrected chi connectivity index (χ1v) is 9.46. The molecule has 0 aromatic carbocycles. The molecule has 1 N–H and O–H groups in total. The van der Waals surface area contributed by atoms with Crippen LogP contribution in [0.5, 0.6) is 0 Å². The van der Waals surface area contributed by atoms with Gasteiger partial charge in [-0.3, -0.25) is 9.69 Å². The van der Waals surface area contributed by atoms with Gasteiger partial charge in [-0.25, -0.2) is 4.98 Å². The Balaban J connectivity index is 2.00. The molecular weight excluding hydrogens is 310 g/mol. The number of likely N-dealkylation sites (tertiary alicyclic amines) is 1. The average molecular weight is 340 g/mol. The molecule has 0 atom stereocenters. The zero-order valence-electron chi connectivity index (χ0n) is 14.7. The molecule has 6 heteroatoms. The Kier molecular flexibility index (Phi) is 6.17. The molecule has 1 aromatic heterocycles. The third-order valence-corrected chi connectivity index (χ3v) is 5.51. The molecule has 1 aliphatic rings. The molecule has 5 nitrogen and oxygen atoms in total. The third kappa shape index (κ3) is 4.31. The number of amides is 1. The summed E-state index contributed by atoms with van der Waals surface area (Å²) < 4.78 is 0. The summed E-state index contributed by atoms with van der Waals surface area (Å²) in [5, 5.41) is 14.0. The van der Waals surface area contributed by atoms with E-state index in [-0.39, 0.29) is 11.8 Å². The zero-order valence-corrected chi connectivity index (χ0v) is 15.5. The van der Waals surface area contributed by atoms with Crippen LogP contribution in [0.15, 0.2) is 5.38 Å². The maximum absolute atomic E-state index is 12.1. The van der Waals surface area contributed by atoms with Crippen LogP contribution < -0.4 is 0 Å². The fourth-order valence-corrected chi connectivity index (χ4v) is 3.88. The van der Waals surface area contributed by atoms with Gasteiger partial charge in [0.25, 0.3) is 0 Å². The molecule has 1 fully saturated rings. The Morgan fingerprint density at radius 2 is 2.00 bits per heavy atom. The van der Waals surface area contributed by atoms with Gasteiger partial charge in [0.1, 0.15) is 10.6 Å². The quantitative estimate of drug-likeness (QED) is 0.865. The summed E-state index contributed by atoms with van der Waals surface area (Å²) in [4.78, 5) is 20.9. The molecule has 1 saturated heterocycles. The lowest BCUT2D eigenvalue weighted by Crippen LogP contribution is -2.46. The minimum absolute atomic E-state index is 0.0149. The van der Waals surface area contributed by atoms with E-state index in [9.17, 15) is 9.90 Å². The molecule has 1 aromatic rings. The van der Waals surface area contributed by atoms with Crippen molar-refractivity contribution in [1.82, 2.24) is 14.8 Å². The van der Waals surface area contributed by atoms with Crippen LogP contribution >= 0.6 is 11.3 Å². The second-order valence-corrected chi connectivity index (χ2v) is 7.54. The topological polar surface area (TPSA) is 56.7 Å². The first-order valence-electron chi connectivity index (χ1n) is 8.58. The molecule has 130 valence electrons. The molecular formula is C17H29N3O2S. The van der Waals surface area contributed by atoms with Crippen LogP contribution in [0.25, 0.3) is 0 Å². The van der Waals surface area contributed by atoms with E-state index in [0.29, 0.717) is 25.9 Å². The first-order chi connectivity index (χ1) is 10.9. The highest BCUT2D eigenvalue weighted by Crippen LogP contribution is 2.34. The van der Waals surface area contributed by atoms with E-state index in [0.717, 1.165) is 30.3 Å². The van der Waals surface area contributed by atoms with Crippen LogP contribution in [0.1, 0.15) is 51.2 Å². The van der Waals surface area contributed by atoms with Crippen LogP contribution in [0.2, 0.25) is 0 Å². The van der Waals surface area contributed by atoms with Gasteiger partial charge in [0, 0.05) is 24.4 Å². The van der Waals surface area contributed by atoms with E-state index in [1.165, 1.54) is 0 Å². The zero-order chi connectivity index (χ0) is 17.0. The summed E-state index contributed by atoms with van der Waals surface area (Å²) in [6.45, 7) is 12.2. The molecule has 0 bridgehead atoms. The number of hydrogen-bond acceptors (Lipinski definition) is 5. The van der Waals surface area contributed by atoms with Crippen molar-refractivity contribution in [1.29, 1.82) is 0 Å². The van der Waals surface area contributed by atoms with Crippen molar-refractivity contribution in [3.63, 3.8) is 0 Å². The van der Waals surface area contributed by atoms with Crippen molar-refractivity contribution in [2.24, 2.45) is 5.92 Å². The molecule has 0 saturated carbocycles. The predicted molar refractivity (Wildman–Crippen MR) is 93.3 cm³/mol. The van der Waals surface area contributed by atoms with E-state index < -0.39 is 5.60 Å². The lowest BCUT2D eigenvalue weighted by atomic mass is 9.88. The number of aromatic nitrogens is 1. The van der Waals surface area contributed by atoms with Crippen molar-refractivity contribution in [2.75, 3.05) is 26.2 Å². The van der Waals surface area contributed by atoms with Crippen molar-refractivity contribution < 1.29 is 9.90 Å². The maximum Gasteiger partial charge on any atom is 0.225 e. The van der Waals surface area contributed by atoms with Crippen molar-refractivity contribution in [2.45, 2.75) is 52.7 Å². The van der Waals surface area contributed by atoms with E-state index >= 15 is 0 Å². The summed E-state index contributed by atoms with van der Waals surface area (Å²) in [6, 6.07) is 0. The van der Waals surface area contributed by atoms with Crippen molar-refractivity contribution in [3.05, 3.63) is 16.1 Å². The Morgan fingerprint density at radius 1 is 1.39 bits per heavy atom. The monoisotopic (exact) mass is 339 g/mol. The molecule has 23 heavy (non-hydrogen) atoms. The lowest BCUT2D eigenvalue weighted by molar-refractivity contribution is -0.139. The highest BCUT2D eigenvalue weighted by Gasteiger charge is 2.37. The van der Waals surface area contributed by atoms with Gasteiger partial charge < -0.3 is 10.0 Å². The van der Waals surface area contributed by atoms with Gasteiger partial charge >= 0.3 is 0 Å². The Morgan fingerprint density at radius 3 is 2.52 bits per heavy atom. The average Bonchev–Trinajstić information content (AvgIpc) is 3.02. The summed E-state index contributed by atoms with van der Waals surface area (Å²) in [6.07, 6.45) is 1.14. The number of thiazole rings is 1. The van der Waals surface area contributed by atoms with Gasteiger partial charge in [-0.15, -0.1) is 11.3 Å². The van der Waals surface area contributed by atoms with E-state index in [4.69, 9.17) is 0 Å². The molecule has 2 heterocycles. The molecule has 1 aliphatic heterocycles. The molecule has 2 rings (SSSR count). The van der Waals surface area contributed by atoms with Gasteiger partial charge in [0.15, 0.2) is 0 Å². The van der Waals surface area contributed by atoms with Crippen LogP contribution in [-0.4, -0.2) is 52.0 Å². The number of hydrogen-bond donors (Lipinski definition) is 1. The highest BCUT2D eigenvalue weighted by atomic mass is 32.1. The number of nitrogens with zero attached hydrogens (tertiary/aromatic N) is 3. The van der Waals surface area contributed by atoms with Gasteiger partial charge in [0.2, 0.25) is 5.91 Å². The largest absolute Gasteiger partial charge is 0.383 e. The fraction of sp³-hybridized carbons (Fsp3) is 0.765. The Bertz CT molecular complexity index is 518. The molecule has 0 spiro atoms. The van der Waals surface area contributed by atoms with Crippen LogP contribution in [0.3, 0.4) is 0 Å². The number of carbonyl (C=O) groups excluding carboxylic acids is 1. The number of carbonyl (C=O) groups is 1.